The van der Waals surface area contributed by atoms with E-state index < -0.39 is 5.54 Å². The van der Waals surface area contributed by atoms with E-state index in [0.717, 1.165) is 25.4 Å². The molecule has 3 atom stereocenters. The van der Waals surface area contributed by atoms with Gasteiger partial charge in [0.25, 0.3) is 0 Å². The van der Waals surface area contributed by atoms with Crippen molar-refractivity contribution in [3.05, 3.63) is 0 Å². The Kier molecular flexibility index (Phi) is 4.51. The molecule has 1 saturated heterocycles. The van der Waals surface area contributed by atoms with Crippen molar-refractivity contribution >= 4 is 5.91 Å². The molecule has 1 aliphatic heterocycles. The number of nitrogens with two attached hydrogens (primary N) is 1. The lowest BCUT2D eigenvalue weighted by atomic mass is 9.90. The molecule has 0 aromatic rings. The molecule has 2 rings (SSSR count). The van der Waals surface area contributed by atoms with Crippen LogP contribution in [0.1, 0.15) is 52.9 Å². The van der Waals surface area contributed by atoms with Gasteiger partial charge in [0.15, 0.2) is 0 Å². The molecule has 1 amide bonds. The third-order valence-corrected chi connectivity index (χ3v) is 4.66. The van der Waals surface area contributed by atoms with Gasteiger partial charge in [0.1, 0.15) is 0 Å². The zero-order chi connectivity index (χ0) is 14.0. The Hall–Kier alpha value is -0.610. The summed E-state index contributed by atoms with van der Waals surface area (Å²) in [6, 6.07) is 0.913. The molecular formula is C15H29N3O. The summed E-state index contributed by atoms with van der Waals surface area (Å²) < 4.78 is 0. The van der Waals surface area contributed by atoms with Crippen molar-refractivity contribution in [1.82, 2.24) is 10.2 Å². The highest BCUT2D eigenvalue weighted by Crippen LogP contribution is 2.27. The molecule has 1 heterocycles. The molecule has 0 spiro atoms. The second-order valence-electron chi connectivity index (χ2n) is 6.91. The molecule has 19 heavy (non-hydrogen) atoms. The van der Waals surface area contributed by atoms with Gasteiger partial charge in [-0.25, -0.2) is 0 Å². The molecule has 0 radical (unpaired) electrons. The molecule has 1 aliphatic carbocycles. The van der Waals surface area contributed by atoms with Crippen molar-refractivity contribution in [2.75, 3.05) is 13.1 Å². The van der Waals surface area contributed by atoms with Crippen LogP contribution >= 0.6 is 0 Å². The largest absolute Gasteiger partial charge is 0.368 e. The van der Waals surface area contributed by atoms with Crippen LogP contribution in [0, 0.1) is 5.92 Å². The Bertz CT molecular complexity index is 329. The van der Waals surface area contributed by atoms with Crippen LogP contribution in [0.15, 0.2) is 0 Å². The minimum absolute atomic E-state index is 0.212. The summed E-state index contributed by atoms with van der Waals surface area (Å²) in [5.74, 6) is 0.559. The van der Waals surface area contributed by atoms with Gasteiger partial charge in [0.2, 0.25) is 5.91 Å². The fraction of sp³-hybridized carbons (Fsp3) is 0.933. The molecule has 3 N–H and O–H groups in total. The molecule has 2 aliphatic rings. The van der Waals surface area contributed by atoms with Gasteiger partial charge in [-0.05, 0) is 58.4 Å². The predicted octanol–water partition coefficient (Wildman–Crippen LogP) is 1.49. The Morgan fingerprint density at radius 1 is 1.47 bits per heavy atom. The third kappa shape index (κ3) is 3.93. The monoisotopic (exact) mass is 267 g/mol. The maximum absolute atomic E-state index is 11.8. The van der Waals surface area contributed by atoms with E-state index in [1.165, 1.54) is 25.7 Å². The van der Waals surface area contributed by atoms with Crippen LogP contribution in [0.2, 0.25) is 0 Å². The van der Waals surface area contributed by atoms with Gasteiger partial charge in [-0.15, -0.1) is 0 Å². The fourth-order valence-corrected chi connectivity index (χ4v) is 3.25. The summed E-state index contributed by atoms with van der Waals surface area (Å²) in [4.78, 5) is 14.3. The summed E-state index contributed by atoms with van der Waals surface area (Å²) in [5, 5.41) is 3.45. The molecule has 0 bridgehead atoms. The van der Waals surface area contributed by atoms with Gasteiger partial charge in [-0.1, -0.05) is 6.92 Å². The van der Waals surface area contributed by atoms with Gasteiger partial charge in [0.05, 0.1) is 5.54 Å². The summed E-state index contributed by atoms with van der Waals surface area (Å²) in [6.45, 7) is 8.82. The van der Waals surface area contributed by atoms with Crippen molar-refractivity contribution in [3.63, 3.8) is 0 Å². The summed E-state index contributed by atoms with van der Waals surface area (Å²) >= 11 is 0. The highest BCUT2D eigenvalue weighted by molar-refractivity contribution is 5.84. The number of carbonyl (C=O) groups is 1. The van der Waals surface area contributed by atoms with Crippen LogP contribution in [0.5, 0.6) is 0 Å². The van der Waals surface area contributed by atoms with Crippen LogP contribution in [0.4, 0.5) is 0 Å². The molecular weight excluding hydrogens is 238 g/mol. The van der Waals surface area contributed by atoms with E-state index >= 15 is 0 Å². The maximum Gasteiger partial charge on any atom is 0.237 e. The van der Waals surface area contributed by atoms with Crippen molar-refractivity contribution in [2.24, 2.45) is 11.7 Å². The SMILES string of the molecule is CC1CCCN(C(C)CC(C)(NC2CC2)C(N)=O)C1. The highest BCUT2D eigenvalue weighted by Gasteiger charge is 2.39. The number of carbonyl (C=O) groups excluding carboxylic acids is 1. The first kappa shape index (κ1) is 14.8. The summed E-state index contributed by atoms with van der Waals surface area (Å²) in [7, 11) is 0. The van der Waals surface area contributed by atoms with Gasteiger partial charge in [-0.2, -0.15) is 0 Å². The first-order valence-electron chi connectivity index (χ1n) is 7.72. The zero-order valence-electron chi connectivity index (χ0n) is 12.6. The number of amides is 1. The predicted molar refractivity (Wildman–Crippen MR) is 77.8 cm³/mol. The van der Waals surface area contributed by atoms with E-state index in [9.17, 15) is 4.79 Å². The van der Waals surface area contributed by atoms with Crippen molar-refractivity contribution < 1.29 is 4.79 Å². The Morgan fingerprint density at radius 3 is 2.68 bits per heavy atom. The smallest absolute Gasteiger partial charge is 0.237 e. The van der Waals surface area contributed by atoms with E-state index in [1.54, 1.807) is 0 Å². The van der Waals surface area contributed by atoms with Crippen LogP contribution in [0.3, 0.4) is 0 Å². The minimum atomic E-state index is -0.554. The fourth-order valence-electron chi connectivity index (χ4n) is 3.25. The first-order chi connectivity index (χ1) is 8.90. The average molecular weight is 267 g/mol. The van der Waals surface area contributed by atoms with Crippen molar-refractivity contribution in [2.45, 2.75) is 70.5 Å². The second-order valence-corrected chi connectivity index (χ2v) is 6.91. The van der Waals surface area contributed by atoms with Gasteiger partial charge in [0, 0.05) is 18.6 Å². The lowest BCUT2D eigenvalue weighted by Crippen LogP contribution is -2.57. The van der Waals surface area contributed by atoms with Crippen LogP contribution in [0.25, 0.3) is 0 Å². The Labute approximate surface area is 117 Å². The van der Waals surface area contributed by atoms with Gasteiger partial charge < -0.3 is 16.0 Å². The minimum Gasteiger partial charge on any atom is -0.368 e. The lowest BCUT2D eigenvalue weighted by Gasteiger charge is -2.39. The average Bonchev–Trinajstić information content (AvgIpc) is 3.12. The summed E-state index contributed by atoms with van der Waals surface area (Å²) in [6.07, 6.45) is 5.77. The van der Waals surface area contributed by atoms with Crippen molar-refractivity contribution in [1.29, 1.82) is 0 Å². The number of rotatable bonds is 6. The third-order valence-electron chi connectivity index (χ3n) is 4.66. The standard InChI is InChI=1S/C15H29N3O/c1-11-5-4-8-18(10-11)12(2)9-15(3,14(16)19)17-13-6-7-13/h11-13,17H,4-10H2,1-3H3,(H2,16,19). The van der Waals surface area contributed by atoms with Crippen LogP contribution in [-0.2, 0) is 4.79 Å². The molecule has 2 fully saturated rings. The maximum atomic E-state index is 11.8. The zero-order valence-corrected chi connectivity index (χ0v) is 12.6. The number of nitrogens with zero attached hydrogens (tertiary/aromatic N) is 1. The molecule has 0 aromatic carbocycles. The van der Waals surface area contributed by atoms with Gasteiger partial charge in [-0.3, -0.25) is 4.79 Å². The van der Waals surface area contributed by atoms with E-state index in [1.807, 2.05) is 6.92 Å². The number of hydrogen-bond donors (Lipinski definition) is 2. The molecule has 1 saturated carbocycles. The quantitative estimate of drug-likeness (QED) is 0.766. The van der Waals surface area contributed by atoms with Gasteiger partial charge >= 0.3 is 0 Å². The van der Waals surface area contributed by atoms with E-state index in [4.69, 9.17) is 5.73 Å². The number of hydrogen-bond acceptors (Lipinski definition) is 3. The van der Waals surface area contributed by atoms with E-state index in [2.05, 4.69) is 24.1 Å². The lowest BCUT2D eigenvalue weighted by molar-refractivity contribution is -0.124. The number of nitrogens with one attached hydrogen (secondary N) is 1. The van der Waals surface area contributed by atoms with Crippen LogP contribution < -0.4 is 11.1 Å². The van der Waals surface area contributed by atoms with E-state index in [0.29, 0.717) is 12.1 Å². The number of primary amides is 1. The Balaban J connectivity index is 1.93. The normalized spacial score (nSPS) is 29.7. The van der Waals surface area contributed by atoms with Crippen LogP contribution in [-0.4, -0.2) is 41.5 Å². The molecule has 4 heteroatoms. The topological polar surface area (TPSA) is 58.4 Å². The number of likely N-dealkylation sites (tertiary alicyclic amines) is 1. The van der Waals surface area contributed by atoms with Crippen molar-refractivity contribution in [3.8, 4) is 0 Å². The second kappa shape index (κ2) is 5.80. The van der Waals surface area contributed by atoms with E-state index in [-0.39, 0.29) is 5.91 Å². The molecule has 110 valence electrons. The molecule has 3 unspecified atom stereocenters. The number of piperidine rings is 1. The highest BCUT2D eigenvalue weighted by atomic mass is 16.1. The molecule has 0 aromatic heterocycles. The first-order valence-corrected chi connectivity index (χ1v) is 7.72. The Morgan fingerprint density at radius 2 is 2.16 bits per heavy atom. The molecule has 4 nitrogen and oxygen atoms in total. The summed E-state index contributed by atoms with van der Waals surface area (Å²) in [5.41, 5.74) is 5.08.